The van der Waals surface area contributed by atoms with Crippen LogP contribution in [0.2, 0.25) is 10.0 Å². The molecule has 9 heteroatoms. The van der Waals surface area contributed by atoms with E-state index in [-0.39, 0.29) is 5.56 Å². The molecule has 0 aliphatic carbocycles. The number of ether oxygens (including phenoxy) is 1. The van der Waals surface area contributed by atoms with Crippen molar-refractivity contribution in [2.24, 2.45) is 12.8 Å². The third-order valence-corrected chi connectivity index (χ3v) is 5.52. The van der Waals surface area contributed by atoms with Crippen molar-refractivity contribution in [3.05, 3.63) is 80.7 Å². The first-order chi connectivity index (χ1) is 15.5. The Labute approximate surface area is 194 Å². The molecule has 2 aromatic carbocycles. The fourth-order valence-corrected chi connectivity index (χ4v) is 3.98. The minimum Gasteiger partial charge on any atom is -0.375 e. The van der Waals surface area contributed by atoms with Crippen LogP contribution in [0, 0.1) is 0 Å². The van der Waals surface area contributed by atoms with Crippen molar-refractivity contribution < 1.29 is 4.74 Å². The average molecular weight is 470 g/mol. The van der Waals surface area contributed by atoms with Crippen LogP contribution in [0.3, 0.4) is 0 Å². The predicted octanol–water partition coefficient (Wildman–Crippen LogP) is 4.52. The second-order valence-corrected chi connectivity index (χ2v) is 7.97. The zero-order valence-electron chi connectivity index (χ0n) is 17.3. The average Bonchev–Trinajstić information content (AvgIpc) is 2.78. The molecule has 4 aromatic rings. The van der Waals surface area contributed by atoms with Crippen LogP contribution in [0.5, 0.6) is 0 Å². The van der Waals surface area contributed by atoms with Gasteiger partial charge in [-0.1, -0.05) is 41.4 Å². The van der Waals surface area contributed by atoms with Gasteiger partial charge in [0.15, 0.2) is 0 Å². The molecule has 164 valence electrons. The molecular weight excluding hydrogens is 449 g/mol. The molecule has 0 unspecified atom stereocenters. The Kier molecular flexibility index (Phi) is 6.72. The molecule has 0 saturated carbocycles. The summed E-state index contributed by atoms with van der Waals surface area (Å²) >= 11 is 12.6. The first-order valence-corrected chi connectivity index (χ1v) is 10.7. The number of nitrogens with zero attached hydrogens (tertiary/aromatic N) is 3. The lowest BCUT2D eigenvalue weighted by molar-refractivity contribution is 0.128. The number of aryl methyl sites for hydroxylation is 1. The van der Waals surface area contributed by atoms with E-state index in [0.717, 1.165) is 11.3 Å². The number of benzene rings is 2. The van der Waals surface area contributed by atoms with Gasteiger partial charge in [0.1, 0.15) is 5.65 Å². The highest BCUT2D eigenvalue weighted by molar-refractivity contribution is 6.39. The zero-order chi connectivity index (χ0) is 22.7. The number of pyridine rings is 1. The van der Waals surface area contributed by atoms with E-state index in [2.05, 4.69) is 15.3 Å². The third kappa shape index (κ3) is 4.61. The number of hydrogen-bond acceptors (Lipinski definition) is 6. The summed E-state index contributed by atoms with van der Waals surface area (Å²) in [4.78, 5) is 22.0. The molecule has 0 spiro atoms. The summed E-state index contributed by atoms with van der Waals surface area (Å²) in [6.45, 7) is 1.44. The number of nitrogens with one attached hydrogen (secondary N) is 1. The van der Waals surface area contributed by atoms with Gasteiger partial charge >= 0.3 is 0 Å². The van der Waals surface area contributed by atoms with Gasteiger partial charge in [0.25, 0.3) is 5.56 Å². The second kappa shape index (κ2) is 9.67. The predicted molar refractivity (Wildman–Crippen MR) is 129 cm³/mol. The lowest BCUT2D eigenvalue weighted by Crippen LogP contribution is -2.20. The van der Waals surface area contributed by atoms with Crippen LogP contribution < -0.4 is 16.6 Å². The first kappa shape index (κ1) is 22.2. The highest BCUT2D eigenvalue weighted by Gasteiger charge is 2.16. The Morgan fingerprint density at radius 2 is 1.88 bits per heavy atom. The van der Waals surface area contributed by atoms with Gasteiger partial charge in [0, 0.05) is 36.4 Å². The maximum absolute atomic E-state index is 13.1. The van der Waals surface area contributed by atoms with E-state index < -0.39 is 0 Å². The lowest BCUT2D eigenvalue weighted by Gasteiger charge is -2.12. The molecule has 32 heavy (non-hydrogen) atoms. The summed E-state index contributed by atoms with van der Waals surface area (Å²) < 4.78 is 6.95. The van der Waals surface area contributed by atoms with Gasteiger partial charge in [-0.2, -0.15) is 4.98 Å². The van der Waals surface area contributed by atoms with E-state index in [0.29, 0.717) is 57.9 Å². The Bertz CT molecular complexity index is 1320. The molecule has 4 rings (SSSR count). The monoisotopic (exact) mass is 469 g/mol. The van der Waals surface area contributed by atoms with Crippen molar-refractivity contribution in [1.82, 2.24) is 14.5 Å². The largest absolute Gasteiger partial charge is 0.375 e. The number of nitrogens with two attached hydrogens (primary N) is 1. The summed E-state index contributed by atoms with van der Waals surface area (Å²) in [5.74, 6) is 0.371. The topological polar surface area (TPSA) is 95.1 Å². The van der Waals surface area contributed by atoms with Gasteiger partial charge in [-0.3, -0.25) is 9.36 Å². The van der Waals surface area contributed by atoms with Crippen LogP contribution in [0.4, 0.5) is 11.6 Å². The normalized spacial score (nSPS) is 11.1. The molecular formula is C23H21Cl2N5O2. The van der Waals surface area contributed by atoms with Crippen molar-refractivity contribution in [1.29, 1.82) is 0 Å². The number of hydrogen-bond donors (Lipinski definition) is 2. The second-order valence-electron chi connectivity index (χ2n) is 7.16. The number of halogens is 2. The SMILES string of the molecule is Cn1c(=O)c(-c2c(Cl)cccc2Cl)cc2cnc(Nc3cccc(COCCN)c3)nc21. The van der Waals surface area contributed by atoms with Crippen LogP contribution in [0.15, 0.2) is 59.5 Å². The third-order valence-electron chi connectivity index (χ3n) is 4.89. The summed E-state index contributed by atoms with van der Waals surface area (Å²) in [5.41, 5.74) is 8.39. The van der Waals surface area contributed by atoms with Crippen LogP contribution in [0.25, 0.3) is 22.2 Å². The van der Waals surface area contributed by atoms with Crippen molar-refractivity contribution >= 4 is 45.9 Å². The van der Waals surface area contributed by atoms with Gasteiger partial charge in [0.05, 0.1) is 28.8 Å². The standard InChI is InChI=1S/C23H21Cl2N5O2/c1-30-21-15(11-17(22(30)31)20-18(24)6-3-7-19(20)25)12-27-23(29-21)28-16-5-2-4-14(10-16)13-32-9-8-26/h2-7,10-12H,8-9,13,26H2,1H3,(H,27,28,29). The number of fused-ring (bicyclic) bond motifs is 1. The molecule has 0 atom stereocenters. The van der Waals surface area contributed by atoms with Crippen LogP contribution in [0.1, 0.15) is 5.56 Å². The number of aromatic nitrogens is 3. The Morgan fingerprint density at radius 3 is 2.62 bits per heavy atom. The number of rotatable bonds is 7. The van der Waals surface area contributed by atoms with E-state index in [1.807, 2.05) is 24.3 Å². The molecule has 3 N–H and O–H groups in total. The zero-order valence-corrected chi connectivity index (χ0v) is 18.8. The first-order valence-electron chi connectivity index (χ1n) is 9.93. The van der Waals surface area contributed by atoms with Gasteiger partial charge in [-0.25, -0.2) is 4.98 Å². The van der Waals surface area contributed by atoms with Crippen molar-refractivity contribution in [3.63, 3.8) is 0 Å². The molecule has 2 aromatic heterocycles. The quantitative estimate of drug-likeness (QED) is 0.386. The molecule has 0 radical (unpaired) electrons. The lowest BCUT2D eigenvalue weighted by atomic mass is 10.1. The summed E-state index contributed by atoms with van der Waals surface area (Å²) in [6.07, 6.45) is 1.66. The molecule has 0 amide bonds. The van der Waals surface area contributed by atoms with Gasteiger partial charge in [-0.15, -0.1) is 0 Å². The van der Waals surface area contributed by atoms with Crippen LogP contribution in [-0.2, 0) is 18.4 Å². The van der Waals surface area contributed by atoms with Crippen LogP contribution >= 0.6 is 23.2 Å². The fraction of sp³-hybridized carbons (Fsp3) is 0.174. The molecule has 0 aliphatic rings. The van der Waals surface area contributed by atoms with E-state index in [4.69, 9.17) is 33.7 Å². The van der Waals surface area contributed by atoms with Crippen molar-refractivity contribution in [2.45, 2.75) is 6.61 Å². The summed E-state index contributed by atoms with van der Waals surface area (Å²) in [6, 6.07) is 14.6. The minimum absolute atomic E-state index is 0.254. The minimum atomic E-state index is -0.254. The molecule has 0 bridgehead atoms. The maximum Gasteiger partial charge on any atom is 0.259 e. The fourth-order valence-electron chi connectivity index (χ4n) is 3.38. The Balaban J connectivity index is 1.68. The summed E-state index contributed by atoms with van der Waals surface area (Å²) in [7, 11) is 1.66. The molecule has 0 aliphatic heterocycles. The Morgan fingerprint density at radius 1 is 1.12 bits per heavy atom. The molecule has 0 fully saturated rings. The molecule has 0 saturated heterocycles. The molecule has 2 heterocycles. The van der Waals surface area contributed by atoms with Crippen molar-refractivity contribution in [3.8, 4) is 11.1 Å². The van der Waals surface area contributed by atoms with E-state index in [1.54, 1.807) is 37.5 Å². The van der Waals surface area contributed by atoms with Gasteiger partial charge in [-0.05, 0) is 35.9 Å². The number of anilines is 2. The van der Waals surface area contributed by atoms with Crippen molar-refractivity contribution in [2.75, 3.05) is 18.5 Å². The van der Waals surface area contributed by atoms with E-state index in [9.17, 15) is 4.79 Å². The van der Waals surface area contributed by atoms with E-state index in [1.165, 1.54) is 4.57 Å². The highest BCUT2D eigenvalue weighted by atomic mass is 35.5. The Hall–Kier alpha value is -2.97. The maximum atomic E-state index is 13.1. The van der Waals surface area contributed by atoms with Gasteiger partial charge in [0.2, 0.25) is 5.95 Å². The molecule has 7 nitrogen and oxygen atoms in total. The smallest absolute Gasteiger partial charge is 0.259 e. The summed E-state index contributed by atoms with van der Waals surface area (Å²) in [5, 5.41) is 4.68. The highest BCUT2D eigenvalue weighted by Crippen LogP contribution is 2.33. The van der Waals surface area contributed by atoms with Crippen LogP contribution in [-0.4, -0.2) is 27.7 Å². The van der Waals surface area contributed by atoms with E-state index >= 15 is 0 Å². The van der Waals surface area contributed by atoms with Gasteiger partial charge < -0.3 is 15.8 Å².